The van der Waals surface area contributed by atoms with Gasteiger partial charge in [-0.3, -0.25) is 4.72 Å². The normalized spacial score (nSPS) is 15.5. The lowest BCUT2D eigenvalue weighted by atomic mass is 10.0. The van der Waals surface area contributed by atoms with Crippen LogP contribution in [-0.2, 0) is 10.0 Å². The van der Waals surface area contributed by atoms with Crippen molar-refractivity contribution in [3.8, 4) is 11.1 Å². The van der Waals surface area contributed by atoms with Crippen LogP contribution in [0.4, 0.5) is 5.69 Å². The van der Waals surface area contributed by atoms with Gasteiger partial charge in [-0.1, -0.05) is 18.6 Å². The maximum atomic E-state index is 12.2. The molecule has 0 saturated heterocycles. The largest absolute Gasteiger partial charge is 0.346 e. The molecule has 2 N–H and O–H groups in total. The van der Waals surface area contributed by atoms with E-state index in [0.717, 1.165) is 41.4 Å². The number of nitrogens with zero attached hydrogens (tertiary/aromatic N) is 1. The summed E-state index contributed by atoms with van der Waals surface area (Å²) in [6.07, 6.45) is 6.15. The second kappa shape index (κ2) is 5.38. The van der Waals surface area contributed by atoms with Gasteiger partial charge in [0.05, 0.1) is 5.25 Å². The van der Waals surface area contributed by atoms with E-state index in [1.165, 1.54) is 0 Å². The van der Waals surface area contributed by atoms with Gasteiger partial charge in [-0.15, -0.1) is 0 Å². The zero-order valence-electron chi connectivity index (χ0n) is 12.5. The second-order valence-corrected chi connectivity index (χ2v) is 7.84. The molecular weight excluding hydrogens is 310 g/mol. The standard InChI is InChI=1S/C17H17N3O2S/c21-23(22,14-2-1-3-14)20-13-6-4-12(5-7-13)15-8-10-18-17-16(15)9-11-19-17/h4-11,14,20H,1-3H2,(H,18,19). The minimum atomic E-state index is -3.24. The van der Waals surface area contributed by atoms with Crippen LogP contribution in [0.3, 0.4) is 0 Å². The summed E-state index contributed by atoms with van der Waals surface area (Å²) in [6, 6.07) is 11.4. The minimum Gasteiger partial charge on any atom is -0.346 e. The van der Waals surface area contributed by atoms with E-state index >= 15 is 0 Å². The van der Waals surface area contributed by atoms with Crippen LogP contribution in [0.15, 0.2) is 48.8 Å². The van der Waals surface area contributed by atoms with E-state index in [1.54, 1.807) is 6.20 Å². The first-order valence-electron chi connectivity index (χ1n) is 7.68. The molecule has 2 aromatic heterocycles. The molecule has 2 heterocycles. The van der Waals surface area contributed by atoms with E-state index in [9.17, 15) is 8.42 Å². The van der Waals surface area contributed by atoms with Gasteiger partial charge in [0.15, 0.2) is 0 Å². The lowest BCUT2D eigenvalue weighted by Gasteiger charge is -2.25. The summed E-state index contributed by atoms with van der Waals surface area (Å²) in [4.78, 5) is 7.38. The fourth-order valence-electron chi connectivity index (χ4n) is 2.86. The molecule has 118 valence electrons. The Balaban J connectivity index is 1.62. The molecule has 23 heavy (non-hydrogen) atoms. The molecule has 0 unspecified atom stereocenters. The highest BCUT2D eigenvalue weighted by molar-refractivity contribution is 7.93. The Labute approximate surface area is 134 Å². The zero-order valence-corrected chi connectivity index (χ0v) is 13.3. The molecule has 0 aliphatic heterocycles. The quantitative estimate of drug-likeness (QED) is 0.770. The van der Waals surface area contributed by atoms with E-state index in [0.29, 0.717) is 5.69 Å². The molecule has 1 aliphatic carbocycles. The van der Waals surface area contributed by atoms with Crippen molar-refractivity contribution in [1.29, 1.82) is 0 Å². The summed E-state index contributed by atoms with van der Waals surface area (Å²) in [7, 11) is -3.24. The number of nitrogens with one attached hydrogen (secondary N) is 2. The molecule has 0 atom stereocenters. The molecule has 4 rings (SSSR count). The molecule has 1 aliphatic rings. The van der Waals surface area contributed by atoms with Crippen LogP contribution in [0, 0.1) is 0 Å². The highest BCUT2D eigenvalue weighted by atomic mass is 32.2. The fourth-order valence-corrected chi connectivity index (χ4v) is 4.44. The Morgan fingerprint density at radius 1 is 1.09 bits per heavy atom. The van der Waals surface area contributed by atoms with Crippen molar-refractivity contribution in [2.24, 2.45) is 0 Å². The smallest absolute Gasteiger partial charge is 0.235 e. The number of hydrogen-bond acceptors (Lipinski definition) is 3. The summed E-state index contributed by atoms with van der Waals surface area (Å²) in [6.45, 7) is 0. The van der Waals surface area contributed by atoms with Crippen molar-refractivity contribution in [1.82, 2.24) is 9.97 Å². The zero-order chi connectivity index (χ0) is 15.9. The molecule has 3 aromatic rings. The van der Waals surface area contributed by atoms with Crippen LogP contribution < -0.4 is 4.72 Å². The number of hydrogen-bond donors (Lipinski definition) is 2. The van der Waals surface area contributed by atoms with Gasteiger partial charge in [0.2, 0.25) is 10.0 Å². The van der Waals surface area contributed by atoms with Gasteiger partial charge in [0.1, 0.15) is 5.65 Å². The molecule has 1 aromatic carbocycles. The van der Waals surface area contributed by atoms with E-state index in [4.69, 9.17) is 0 Å². The third-order valence-corrected chi connectivity index (χ3v) is 6.28. The predicted octanol–water partition coefficient (Wildman–Crippen LogP) is 3.52. The Bertz CT molecular complexity index is 941. The van der Waals surface area contributed by atoms with Crippen LogP contribution in [0.2, 0.25) is 0 Å². The Hall–Kier alpha value is -2.34. The molecule has 6 heteroatoms. The lowest BCUT2D eigenvalue weighted by Crippen LogP contribution is -2.33. The molecule has 0 bridgehead atoms. The molecule has 0 radical (unpaired) electrons. The SMILES string of the molecule is O=S(=O)(Nc1ccc(-c2ccnc3[nH]ccc23)cc1)C1CCC1. The Kier molecular flexibility index (Phi) is 3.34. The van der Waals surface area contributed by atoms with E-state index in [2.05, 4.69) is 14.7 Å². The predicted molar refractivity (Wildman–Crippen MR) is 91.7 cm³/mol. The summed E-state index contributed by atoms with van der Waals surface area (Å²) < 4.78 is 27.0. The van der Waals surface area contributed by atoms with Gasteiger partial charge in [0, 0.05) is 23.5 Å². The van der Waals surface area contributed by atoms with Gasteiger partial charge in [0.25, 0.3) is 0 Å². The number of aromatic nitrogens is 2. The van der Waals surface area contributed by atoms with Crippen LogP contribution in [-0.4, -0.2) is 23.6 Å². The number of fused-ring (bicyclic) bond motifs is 1. The third kappa shape index (κ3) is 2.59. The van der Waals surface area contributed by atoms with Crippen LogP contribution in [0.1, 0.15) is 19.3 Å². The van der Waals surface area contributed by atoms with Gasteiger partial charge in [-0.25, -0.2) is 13.4 Å². The van der Waals surface area contributed by atoms with Crippen molar-refractivity contribution >= 4 is 26.7 Å². The summed E-state index contributed by atoms with van der Waals surface area (Å²) in [5, 5.41) is 0.817. The highest BCUT2D eigenvalue weighted by Crippen LogP contribution is 2.30. The Morgan fingerprint density at radius 2 is 1.87 bits per heavy atom. The first-order chi connectivity index (χ1) is 11.1. The van der Waals surface area contributed by atoms with Gasteiger partial charge in [-0.2, -0.15) is 0 Å². The summed E-state index contributed by atoms with van der Waals surface area (Å²) in [5.74, 6) is 0. The molecule has 0 amide bonds. The van der Waals surface area contributed by atoms with Crippen molar-refractivity contribution in [2.75, 3.05) is 4.72 Å². The van der Waals surface area contributed by atoms with E-state index < -0.39 is 10.0 Å². The van der Waals surface area contributed by atoms with Gasteiger partial charge in [-0.05, 0) is 48.2 Å². The summed E-state index contributed by atoms with van der Waals surface area (Å²) >= 11 is 0. The van der Waals surface area contributed by atoms with Gasteiger partial charge >= 0.3 is 0 Å². The monoisotopic (exact) mass is 327 g/mol. The number of aromatic amines is 1. The van der Waals surface area contributed by atoms with Crippen molar-refractivity contribution in [2.45, 2.75) is 24.5 Å². The van der Waals surface area contributed by atoms with Crippen LogP contribution >= 0.6 is 0 Å². The number of benzene rings is 1. The number of rotatable bonds is 4. The fraction of sp³-hybridized carbons (Fsp3) is 0.235. The van der Waals surface area contributed by atoms with E-state index in [1.807, 2.05) is 42.6 Å². The minimum absolute atomic E-state index is 0.234. The number of pyridine rings is 1. The average molecular weight is 327 g/mol. The lowest BCUT2D eigenvalue weighted by molar-refractivity contribution is 0.479. The van der Waals surface area contributed by atoms with Gasteiger partial charge < -0.3 is 4.98 Å². The maximum absolute atomic E-state index is 12.2. The molecule has 0 spiro atoms. The van der Waals surface area contributed by atoms with Crippen molar-refractivity contribution in [3.05, 3.63) is 48.8 Å². The topological polar surface area (TPSA) is 74.8 Å². The first kappa shape index (κ1) is 14.3. The van der Waals surface area contributed by atoms with Crippen LogP contribution in [0.25, 0.3) is 22.2 Å². The third-order valence-electron chi connectivity index (χ3n) is 4.41. The maximum Gasteiger partial charge on any atom is 0.235 e. The number of H-pyrrole nitrogens is 1. The molecule has 5 nitrogen and oxygen atoms in total. The average Bonchev–Trinajstić information content (AvgIpc) is 2.93. The van der Waals surface area contributed by atoms with E-state index in [-0.39, 0.29) is 5.25 Å². The number of anilines is 1. The molecule has 1 fully saturated rings. The second-order valence-electron chi connectivity index (χ2n) is 5.88. The van der Waals surface area contributed by atoms with Crippen LogP contribution in [0.5, 0.6) is 0 Å². The highest BCUT2D eigenvalue weighted by Gasteiger charge is 2.31. The van der Waals surface area contributed by atoms with Crippen molar-refractivity contribution in [3.63, 3.8) is 0 Å². The molecular formula is C17H17N3O2S. The van der Waals surface area contributed by atoms with Crippen molar-refractivity contribution < 1.29 is 8.42 Å². The first-order valence-corrected chi connectivity index (χ1v) is 9.22. The molecule has 1 saturated carbocycles. The summed E-state index contributed by atoms with van der Waals surface area (Å²) in [5.41, 5.74) is 3.56. The Morgan fingerprint density at radius 3 is 2.57 bits per heavy atom. The number of sulfonamides is 1.